The third-order valence-corrected chi connectivity index (χ3v) is 14.6. The molecule has 4 amide bonds. The molecule has 4 heterocycles. The highest BCUT2D eigenvalue weighted by Crippen LogP contribution is 2.60. The molecule has 2 aliphatic heterocycles. The number of aromatic nitrogens is 4. The minimum atomic E-state index is -2.99. The van der Waals surface area contributed by atoms with Gasteiger partial charge in [-0.1, -0.05) is 52.0 Å². The van der Waals surface area contributed by atoms with Crippen LogP contribution in [0.4, 0.5) is 18.4 Å². The van der Waals surface area contributed by atoms with Gasteiger partial charge in [0.15, 0.2) is 0 Å². The zero-order chi connectivity index (χ0) is 45.4. The van der Waals surface area contributed by atoms with Gasteiger partial charge in [0.2, 0.25) is 11.8 Å². The highest BCUT2D eigenvalue weighted by molar-refractivity contribution is 5.87. The molecule has 9 rings (SSSR count). The first-order valence-electron chi connectivity index (χ1n) is 22.5. The van der Waals surface area contributed by atoms with E-state index in [-0.39, 0.29) is 54.0 Å². The number of aryl methyl sites for hydroxylation is 1. The number of imidazole rings is 2. The fourth-order valence-corrected chi connectivity index (χ4v) is 10.8. The molecule has 0 bridgehead atoms. The summed E-state index contributed by atoms with van der Waals surface area (Å²) in [5.41, 5.74) is 6.35. The number of fused-ring (bicyclic) bond motifs is 4. The molecule has 2 aromatic rings. The van der Waals surface area contributed by atoms with Crippen molar-refractivity contribution in [2.24, 2.45) is 29.1 Å². The van der Waals surface area contributed by atoms with Gasteiger partial charge in [-0.05, 0) is 103 Å². The Morgan fingerprint density at radius 1 is 0.797 bits per heavy atom. The molecular weight excluding hydrogens is 825 g/mol. The van der Waals surface area contributed by atoms with E-state index in [0.717, 1.165) is 47.4 Å². The maximum Gasteiger partial charge on any atom is 0.407 e. The van der Waals surface area contributed by atoms with Crippen LogP contribution in [-0.2, 0) is 25.5 Å². The minimum Gasteiger partial charge on any atom is -0.453 e. The van der Waals surface area contributed by atoms with E-state index in [4.69, 9.17) is 19.4 Å². The summed E-state index contributed by atoms with van der Waals surface area (Å²) in [6, 6.07) is -2.23. The largest absolute Gasteiger partial charge is 0.453 e. The smallest absolute Gasteiger partial charge is 0.407 e. The van der Waals surface area contributed by atoms with E-state index in [2.05, 4.69) is 20.6 Å². The van der Waals surface area contributed by atoms with Crippen molar-refractivity contribution in [1.29, 1.82) is 0 Å². The van der Waals surface area contributed by atoms with Crippen LogP contribution < -0.4 is 10.6 Å². The third kappa shape index (κ3) is 7.76. The molecule has 6 unspecified atom stereocenters. The molecule has 4 fully saturated rings. The molecule has 2 saturated heterocycles. The Morgan fingerprint density at radius 3 is 2.02 bits per heavy atom. The third-order valence-electron chi connectivity index (χ3n) is 14.6. The quantitative estimate of drug-likeness (QED) is 0.205. The highest BCUT2D eigenvalue weighted by Gasteiger charge is 2.59. The van der Waals surface area contributed by atoms with Gasteiger partial charge in [0.05, 0.1) is 56.4 Å². The van der Waals surface area contributed by atoms with Crippen LogP contribution >= 0.6 is 0 Å². The molecule has 342 valence electrons. The first kappa shape index (κ1) is 43.7. The van der Waals surface area contributed by atoms with Crippen LogP contribution in [0.2, 0.25) is 0 Å². The van der Waals surface area contributed by atoms with Crippen LogP contribution in [0.25, 0.3) is 11.6 Å². The summed E-state index contributed by atoms with van der Waals surface area (Å²) in [4.78, 5) is 74.3. The van der Waals surface area contributed by atoms with Crippen molar-refractivity contribution in [3.05, 3.63) is 81.5 Å². The number of likely N-dealkylation sites (N-methyl/N-ethyl adjacent to an activating group) is 1. The average Bonchev–Trinajstić information content (AvgIpc) is 3.77. The molecule has 17 heteroatoms. The molecule has 2 saturated carbocycles. The van der Waals surface area contributed by atoms with Gasteiger partial charge in [-0.15, -0.1) is 0 Å². The fourth-order valence-electron chi connectivity index (χ4n) is 10.8. The van der Waals surface area contributed by atoms with Crippen LogP contribution in [0.15, 0.2) is 52.8 Å². The monoisotopic (exact) mass is 883 g/mol. The minimum absolute atomic E-state index is 0.0299. The van der Waals surface area contributed by atoms with Crippen LogP contribution in [-0.4, -0.2) is 118 Å². The number of rotatable bonds is 10. The standard InChI is InChI=1S/C47H59F2N9O6/c1-24(2)38(54-44(61)63-6)42(59)57-22-46(14-15-46)19-36(57)40-50-20-35(53-40)28-9-12-30-29-11-8-26(16-31(29)47(48,49)32(30)17-28)27-10-13-33-34(18-27)52-41(51-33)37-21-56(5)23-58(37)43(60)39(25(3)4)55-45(62)64-7/h8-9,11-12,18,20,24-25,31-32,36-39H,10,13-17,19,21-23H2,1-7H3,(H,50,53)(H,51,52)(H,54,61)(H,55,62). The van der Waals surface area contributed by atoms with Crippen LogP contribution in [0.5, 0.6) is 0 Å². The number of carbonyl (C=O) groups is 4. The average molecular weight is 884 g/mol. The number of H-pyrrole nitrogens is 2. The van der Waals surface area contributed by atoms with E-state index in [1.807, 2.05) is 74.9 Å². The van der Waals surface area contributed by atoms with Crippen LogP contribution in [0.1, 0.15) is 107 Å². The lowest BCUT2D eigenvalue weighted by atomic mass is 9.81. The molecule has 2 aromatic heterocycles. The highest BCUT2D eigenvalue weighted by atomic mass is 19.3. The number of methoxy groups -OCH3 is 2. The van der Waals surface area contributed by atoms with Crippen molar-refractivity contribution in [2.45, 2.75) is 103 Å². The lowest BCUT2D eigenvalue weighted by Gasteiger charge is -2.30. The number of ether oxygens (including phenoxy) is 2. The van der Waals surface area contributed by atoms with E-state index in [9.17, 15) is 19.2 Å². The number of nitrogens with one attached hydrogen (secondary N) is 4. The van der Waals surface area contributed by atoms with Crippen molar-refractivity contribution < 1.29 is 37.4 Å². The number of carbonyl (C=O) groups excluding carboxylic acids is 4. The van der Waals surface area contributed by atoms with Crippen molar-refractivity contribution in [3.63, 3.8) is 0 Å². The molecule has 15 nitrogen and oxygen atoms in total. The summed E-state index contributed by atoms with van der Waals surface area (Å²) < 4.78 is 43.2. The van der Waals surface area contributed by atoms with Crippen molar-refractivity contribution >= 4 is 35.6 Å². The van der Waals surface area contributed by atoms with E-state index >= 15 is 8.78 Å². The lowest BCUT2D eigenvalue weighted by Crippen LogP contribution is -2.51. The number of hydrogen-bond donors (Lipinski definition) is 4. The van der Waals surface area contributed by atoms with Gasteiger partial charge in [0, 0.05) is 18.8 Å². The van der Waals surface area contributed by atoms with E-state index < -0.39 is 42.0 Å². The van der Waals surface area contributed by atoms with Gasteiger partial charge in [0.1, 0.15) is 29.8 Å². The van der Waals surface area contributed by atoms with E-state index in [1.165, 1.54) is 14.2 Å². The SMILES string of the molecule is COC(=O)NC(C(=O)N1CC2(CC2)CC1c1ncc(C2=CC=C3C4=CC=C(C5=Cc6nc(C7CN(C)CN7C(=O)C(NC(=O)OC)C(C)C)[nH]c6CC5)CC4C(F)(F)C3C2)[nH]1)C(C)C. The molecular formula is C47H59F2N9O6. The van der Waals surface area contributed by atoms with Gasteiger partial charge in [-0.3, -0.25) is 14.5 Å². The van der Waals surface area contributed by atoms with Crippen molar-refractivity contribution in [3.8, 4) is 0 Å². The maximum absolute atomic E-state index is 16.8. The van der Waals surface area contributed by atoms with Crippen LogP contribution in [0, 0.1) is 29.1 Å². The first-order chi connectivity index (χ1) is 30.5. The number of allylic oxidation sites excluding steroid dienone is 9. The predicted octanol–water partition coefficient (Wildman–Crippen LogP) is 6.60. The second-order valence-corrected chi connectivity index (χ2v) is 19.6. The molecule has 1 spiro atoms. The number of amides is 4. The van der Waals surface area contributed by atoms with E-state index in [1.54, 1.807) is 11.1 Å². The summed E-state index contributed by atoms with van der Waals surface area (Å²) in [6.07, 6.45) is 14.5. The summed E-state index contributed by atoms with van der Waals surface area (Å²) in [5.74, 6) is -4.43. The number of alkyl halides is 2. The van der Waals surface area contributed by atoms with Crippen molar-refractivity contribution in [1.82, 2.24) is 45.3 Å². The number of hydrogen-bond acceptors (Lipinski definition) is 9. The predicted molar refractivity (Wildman–Crippen MR) is 233 cm³/mol. The summed E-state index contributed by atoms with van der Waals surface area (Å²) in [6.45, 7) is 9.01. The number of alkyl carbamates (subject to hydrolysis) is 2. The Balaban J connectivity index is 0.915. The first-order valence-corrected chi connectivity index (χ1v) is 22.5. The zero-order valence-electron chi connectivity index (χ0n) is 37.6. The normalized spacial score (nSPS) is 26.3. The Kier molecular flexibility index (Phi) is 11.2. The molecule has 4 N–H and O–H groups in total. The summed E-state index contributed by atoms with van der Waals surface area (Å²) in [7, 11) is 4.47. The molecule has 5 aliphatic carbocycles. The molecule has 64 heavy (non-hydrogen) atoms. The zero-order valence-corrected chi connectivity index (χ0v) is 37.6. The Morgan fingerprint density at radius 2 is 1.41 bits per heavy atom. The fraction of sp³-hybridized carbons (Fsp3) is 0.574. The van der Waals surface area contributed by atoms with Gasteiger partial charge >= 0.3 is 12.2 Å². The maximum atomic E-state index is 16.8. The number of halogens is 2. The van der Waals surface area contributed by atoms with Gasteiger partial charge in [-0.2, -0.15) is 0 Å². The molecule has 0 radical (unpaired) electrons. The molecule has 0 aromatic carbocycles. The van der Waals surface area contributed by atoms with Gasteiger partial charge in [-0.25, -0.2) is 28.3 Å². The Hall–Kier alpha value is -5.58. The topological polar surface area (TPSA) is 178 Å². The Bertz CT molecular complexity index is 2400. The van der Waals surface area contributed by atoms with E-state index in [0.29, 0.717) is 61.1 Å². The van der Waals surface area contributed by atoms with Crippen molar-refractivity contribution in [2.75, 3.05) is 41.0 Å². The Labute approximate surface area is 371 Å². The summed E-state index contributed by atoms with van der Waals surface area (Å²) in [5, 5.41) is 5.40. The van der Waals surface area contributed by atoms with Crippen LogP contribution in [0.3, 0.4) is 0 Å². The van der Waals surface area contributed by atoms with Gasteiger partial charge < -0.3 is 39.9 Å². The number of likely N-dealkylation sites (tertiary alicyclic amines) is 1. The molecule has 6 atom stereocenters. The lowest BCUT2D eigenvalue weighted by molar-refractivity contribution is -0.136. The number of aromatic amines is 2. The van der Waals surface area contributed by atoms with Gasteiger partial charge in [0.25, 0.3) is 5.92 Å². The number of nitrogens with zero attached hydrogens (tertiary/aromatic N) is 5. The summed E-state index contributed by atoms with van der Waals surface area (Å²) >= 11 is 0. The molecule has 7 aliphatic rings. The second kappa shape index (κ2) is 16.4. The second-order valence-electron chi connectivity index (χ2n) is 19.6.